The Bertz CT molecular complexity index is 511. The fraction of sp³-hybridized carbons (Fsp3) is 0.615. The number of aromatic nitrogens is 2. The van der Waals surface area contributed by atoms with Crippen molar-refractivity contribution in [1.82, 2.24) is 20.2 Å². The molecule has 1 saturated heterocycles. The number of nitrogens with one attached hydrogen (secondary N) is 2. The van der Waals surface area contributed by atoms with Gasteiger partial charge in [-0.05, 0) is 6.42 Å². The van der Waals surface area contributed by atoms with Gasteiger partial charge < -0.3 is 15.2 Å². The molecule has 0 saturated carbocycles. The zero-order valence-corrected chi connectivity index (χ0v) is 12.5. The molecule has 1 aliphatic heterocycles. The van der Waals surface area contributed by atoms with Crippen molar-refractivity contribution in [3.63, 3.8) is 0 Å². The highest BCUT2D eigenvalue weighted by Crippen LogP contribution is 2.13. The molecule has 1 aromatic heterocycles. The van der Waals surface area contributed by atoms with Crippen LogP contribution < -0.4 is 10.9 Å². The van der Waals surface area contributed by atoms with E-state index in [-0.39, 0.29) is 11.5 Å². The lowest BCUT2D eigenvalue weighted by Gasteiger charge is -2.27. The lowest BCUT2D eigenvalue weighted by Crippen LogP contribution is -2.47. The molecule has 1 aliphatic rings. The van der Waals surface area contributed by atoms with E-state index in [1.54, 1.807) is 0 Å². The van der Waals surface area contributed by atoms with Crippen molar-refractivity contribution in [3.8, 4) is 0 Å². The van der Waals surface area contributed by atoms with Gasteiger partial charge in [0.05, 0.1) is 5.75 Å². The lowest BCUT2D eigenvalue weighted by atomic mass is 10.2. The number of carbonyl (C=O) groups is 1. The topological polar surface area (TPSA) is 78.1 Å². The fourth-order valence-corrected chi connectivity index (χ4v) is 2.87. The molecule has 6 nitrogen and oxygen atoms in total. The summed E-state index contributed by atoms with van der Waals surface area (Å²) in [6, 6.07) is 1.52. The predicted octanol–water partition coefficient (Wildman–Crippen LogP) is 0.246. The zero-order chi connectivity index (χ0) is 14.4. The third-order valence-corrected chi connectivity index (χ3v) is 3.94. The molecule has 20 heavy (non-hydrogen) atoms. The summed E-state index contributed by atoms with van der Waals surface area (Å²) >= 11 is 1.30. The summed E-state index contributed by atoms with van der Waals surface area (Å²) in [5.74, 6) is 0.415. The van der Waals surface area contributed by atoms with Gasteiger partial charge >= 0.3 is 0 Å². The Morgan fingerprint density at radius 2 is 2.20 bits per heavy atom. The molecule has 2 heterocycles. The Morgan fingerprint density at radius 1 is 1.45 bits per heavy atom. The first-order chi connectivity index (χ1) is 9.69. The number of aryl methyl sites for hydroxylation is 1. The van der Waals surface area contributed by atoms with E-state index in [1.807, 2.05) is 11.8 Å². The average molecular weight is 296 g/mol. The van der Waals surface area contributed by atoms with E-state index in [0.717, 1.165) is 44.7 Å². The fourth-order valence-electron chi connectivity index (χ4n) is 2.07. The largest absolute Gasteiger partial charge is 0.339 e. The van der Waals surface area contributed by atoms with E-state index in [0.29, 0.717) is 10.9 Å². The second-order valence-electron chi connectivity index (χ2n) is 4.71. The van der Waals surface area contributed by atoms with Crippen molar-refractivity contribution in [2.45, 2.75) is 24.9 Å². The van der Waals surface area contributed by atoms with E-state index >= 15 is 0 Å². The smallest absolute Gasteiger partial charge is 0.251 e. The summed E-state index contributed by atoms with van der Waals surface area (Å²) < 4.78 is 0. The van der Waals surface area contributed by atoms with Gasteiger partial charge in [-0.3, -0.25) is 9.59 Å². The summed E-state index contributed by atoms with van der Waals surface area (Å²) in [5, 5.41) is 3.74. The number of amides is 1. The van der Waals surface area contributed by atoms with E-state index in [4.69, 9.17) is 0 Å². The van der Waals surface area contributed by atoms with Crippen molar-refractivity contribution in [3.05, 3.63) is 22.1 Å². The van der Waals surface area contributed by atoms with Gasteiger partial charge in [-0.2, -0.15) is 0 Å². The molecule has 2 rings (SSSR count). The quantitative estimate of drug-likeness (QED) is 0.601. The molecule has 0 aliphatic carbocycles. The summed E-state index contributed by atoms with van der Waals surface area (Å²) in [7, 11) is 0. The van der Waals surface area contributed by atoms with E-state index in [9.17, 15) is 9.59 Å². The van der Waals surface area contributed by atoms with Crippen LogP contribution in [0.3, 0.4) is 0 Å². The maximum atomic E-state index is 12.0. The molecule has 2 N–H and O–H groups in total. The number of carbonyl (C=O) groups excluding carboxylic acids is 1. The number of piperazine rings is 1. The number of aromatic amines is 1. The van der Waals surface area contributed by atoms with Crippen molar-refractivity contribution in [1.29, 1.82) is 0 Å². The molecule has 7 heteroatoms. The van der Waals surface area contributed by atoms with Gasteiger partial charge in [0.2, 0.25) is 5.91 Å². The standard InChI is InChI=1S/C13H20N4O2S/c1-2-3-10-8-11(18)16-13(15-10)20-9-12(19)17-6-4-14-5-7-17/h8,14H,2-7,9H2,1H3,(H,15,16,18). The van der Waals surface area contributed by atoms with Gasteiger partial charge in [-0.25, -0.2) is 4.98 Å². The predicted molar refractivity (Wildman–Crippen MR) is 79.0 cm³/mol. The summed E-state index contributed by atoms with van der Waals surface area (Å²) in [6.45, 7) is 5.23. The Hall–Kier alpha value is -1.34. The highest BCUT2D eigenvalue weighted by molar-refractivity contribution is 7.99. The Morgan fingerprint density at radius 3 is 2.90 bits per heavy atom. The van der Waals surface area contributed by atoms with Gasteiger partial charge in [0.25, 0.3) is 5.56 Å². The van der Waals surface area contributed by atoms with E-state index in [1.165, 1.54) is 17.8 Å². The van der Waals surface area contributed by atoms with Crippen molar-refractivity contribution < 1.29 is 4.79 Å². The van der Waals surface area contributed by atoms with Crippen LogP contribution in [-0.4, -0.2) is 52.7 Å². The number of thioether (sulfide) groups is 1. The van der Waals surface area contributed by atoms with Crippen LogP contribution in [0, 0.1) is 0 Å². The molecular weight excluding hydrogens is 276 g/mol. The minimum atomic E-state index is -0.152. The van der Waals surface area contributed by atoms with Gasteiger partial charge in [-0.15, -0.1) is 0 Å². The third kappa shape index (κ3) is 4.35. The Kier molecular flexibility index (Phi) is 5.60. The number of hydrogen-bond donors (Lipinski definition) is 2. The van der Waals surface area contributed by atoms with Gasteiger partial charge in [0.15, 0.2) is 5.16 Å². The maximum Gasteiger partial charge on any atom is 0.251 e. The van der Waals surface area contributed by atoms with Crippen LogP contribution >= 0.6 is 11.8 Å². The van der Waals surface area contributed by atoms with Crippen LogP contribution in [-0.2, 0) is 11.2 Å². The second-order valence-corrected chi connectivity index (χ2v) is 5.68. The molecular formula is C13H20N4O2S. The Balaban J connectivity index is 1.92. The SMILES string of the molecule is CCCc1cc(=O)[nH]c(SCC(=O)N2CCNCC2)n1. The second kappa shape index (κ2) is 7.44. The van der Waals surface area contributed by atoms with Crippen LogP contribution in [0.25, 0.3) is 0 Å². The maximum absolute atomic E-state index is 12.0. The molecule has 1 amide bonds. The number of hydrogen-bond acceptors (Lipinski definition) is 5. The highest BCUT2D eigenvalue weighted by Gasteiger charge is 2.16. The first-order valence-electron chi connectivity index (χ1n) is 6.90. The molecule has 0 unspecified atom stereocenters. The molecule has 0 spiro atoms. The minimum Gasteiger partial charge on any atom is -0.339 e. The highest BCUT2D eigenvalue weighted by atomic mass is 32.2. The number of nitrogens with zero attached hydrogens (tertiary/aromatic N) is 2. The first-order valence-corrected chi connectivity index (χ1v) is 7.89. The summed E-state index contributed by atoms with van der Waals surface area (Å²) in [5.41, 5.74) is 0.633. The first kappa shape index (κ1) is 15.1. The Labute approximate surface area is 122 Å². The van der Waals surface area contributed by atoms with E-state index in [2.05, 4.69) is 15.3 Å². The van der Waals surface area contributed by atoms with Crippen molar-refractivity contribution >= 4 is 17.7 Å². The molecule has 0 bridgehead atoms. The average Bonchev–Trinajstić information content (AvgIpc) is 2.45. The third-order valence-electron chi connectivity index (χ3n) is 3.08. The molecule has 0 radical (unpaired) electrons. The van der Waals surface area contributed by atoms with E-state index < -0.39 is 0 Å². The number of rotatable bonds is 5. The normalized spacial score (nSPS) is 15.3. The van der Waals surface area contributed by atoms with Crippen LogP contribution in [0.15, 0.2) is 16.0 Å². The van der Waals surface area contributed by atoms with Crippen molar-refractivity contribution in [2.24, 2.45) is 0 Å². The van der Waals surface area contributed by atoms with Gasteiger partial charge in [0.1, 0.15) is 0 Å². The molecule has 1 fully saturated rings. The van der Waals surface area contributed by atoms with Crippen LogP contribution in [0.4, 0.5) is 0 Å². The van der Waals surface area contributed by atoms with Crippen molar-refractivity contribution in [2.75, 3.05) is 31.9 Å². The molecule has 0 aromatic carbocycles. The summed E-state index contributed by atoms with van der Waals surface area (Å²) in [4.78, 5) is 32.4. The molecule has 1 aromatic rings. The van der Waals surface area contributed by atoms with Gasteiger partial charge in [0, 0.05) is 37.9 Å². The van der Waals surface area contributed by atoms with Crippen LogP contribution in [0.5, 0.6) is 0 Å². The zero-order valence-electron chi connectivity index (χ0n) is 11.6. The van der Waals surface area contributed by atoms with Crippen LogP contribution in [0.2, 0.25) is 0 Å². The van der Waals surface area contributed by atoms with Gasteiger partial charge in [-0.1, -0.05) is 25.1 Å². The lowest BCUT2D eigenvalue weighted by molar-refractivity contribution is -0.128. The monoisotopic (exact) mass is 296 g/mol. The van der Waals surface area contributed by atoms with Crippen LogP contribution in [0.1, 0.15) is 19.0 Å². The molecule has 0 atom stereocenters. The number of H-pyrrole nitrogens is 1. The summed E-state index contributed by atoms with van der Waals surface area (Å²) in [6.07, 6.45) is 1.73. The minimum absolute atomic E-state index is 0.0973. The molecule has 110 valence electrons.